The van der Waals surface area contributed by atoms with Gasteiger partial charge in [-0.25, -0.2) is 0 Å². The van der Waals surface area contributed by atoms with E-state index in [1.165, 1.54) is 12.8 Å². The normalized spacial score (nSPS) is 12.4. The summed E-state index contributed by atoms with van der Waals surface area (Å²) < 4.78 is 4.96. The Morgan fingerprint density at radius 1 is 1.07 bits per heavy atom. The molecule has 0 bridgehead atoms. The molecule has 0 unspecified atom stereocenters. The van der Waals surface area contributed by atoms with Crippen molar-refractivity contribution in [2.24, 2.45) is 0 Å². The first-order valence-corrected chi connectivity index (χ1v) is 5.60. The predicted molar refractivity (Wildman–Crippen MR) is 56.8 cm³/mol. The fourth-order valence-corrected chi connectivity index (χ4v) is 1.40. The summed E-state index contributed by atoms with van der Waals surface area (Å²) in [6.45, 7) is 5.74. The van der Waals surface area contributed by atoms with Crippen LogP contribution in [-0.4, -0.2) is 22.3 Å². The zero-order valence-corrected chi connectivity index (χ0v) is 9.62. The summed E-state index contributed by atoms with van der Waals surface area (Å²) in [5, 5.41) is 18.7. The lowest BCUT2D eigenvalue weighted by Gasteiger charge is -2.24. The smallest absolute Gasteiger partial charge is 0.278 e. The molecule has 2 N–H and O–H groups in total. The Bertz CT molecular complexity index is 132. The van der Waals surface area contributed by atoms with Crippen LogP contribution in [0.2, 0.25) is 0 Å². The van der Waals surface area contributed by atoms with Crippen LogP contribution >= 0.6 is 0 Å². The van der Waals surface area contributed by atoms with Crippen molar-refractivity contribution in [2.45, 2.75) is 71.4 Å². The zero-order chi connectivity index (χ0) is 11.0. The van der Waals surface area contributed by atoms with E-state index in [0.29, 0.717) is 6.42 Å². The maximum atomic E-state index is 9.37. The van der Waals surface area contributed by atoms with Gasteiger partial charge in [-0.15, -0.1) is 0 Å². The zero-order valence-electron chi connectivity index (χ0n) is 9.62. The topological polar surface area (TPSA) is 49.7 Å². The Morgan fingerprint density at radius 3 is 2.14 bits per heavy atom. The highest BCUT2D eigenvalue weighted by molar-refractivity contribution is 4.54. The molecule has 0 aromatic heterocycles. The summed E-state index contributed by atoms with van der Waals surface area (Å²) in [6.07, 6.45) is 5.57. The average Bonchev–Trinajstić information content (AvgIpc) is 2.01. The molecule has 14 heavy (non-hydrogen) atoms. The predicted octanol–water partition coefficient (Wildman–Crippen LogP) is 2.41. The van der Waals surface area contributed by atoms with Crippen molar-refractivity contribution in [1.82, 2.24) is 0 Å². The SMILES string of the molecule is CCCCCCCC(O)(O)OC(C)C. The van der Waals surface area contributed by atoms with Crippen molar-refractivity contribution in [3.63, 3.8) is 0 Å². The summed E-state index contributed by atoms with van der Waals surface area (Å²) >= 11 is 0. The third-order valence-corrected chi connectivity index (χ3v) is 2.03. The van der Waals surface area contributed by atoms with E-state index >= 15 is 0 Å². The van der Waals surface area contributed by atoms with E-state index in [-0.39, 0.29) is 6.10 Å². The number of hydrogen-bond acceptors (Lipinski definition) is 3. The van der Waals surface area contributed by atoms with Gasteiger partial charge in [-0.05, 0) is 20.3 Å². The molecule has 0 aliphatic heterocycles. The first kappa shape index (κ1) is 13.9. The maximum Gasteiger partial charge on any atom is 0.278 e. The molecule has 0 radical (unpaired) electrons. The monoisotopic (exact) mass is 204 g/mol. The number of hydrogen-bond donors (Lipinski definition) is 2. The average molecular weight is 204 g/mol. The first-order valence-electron chi connectivity index (χ1n) is 5.60. The molecule has 0 spiro atoms. The standard InChI is InChI=1S/C11H24O3/c1-4-5-6-7-8-9-11(12,13)14-10(2)3/h10,12-13H,4-9H2,1-3H3. The largest absolute Gasteiger partial charge is 0.343 e. The second kappa shape index (κ2) is 7.21. The van der Waals surface area contributed by atoms with Gasteiger partial charge >= 0.3 is 0 Å². The van der Waals surface area contributed by atoms with Crippen molar-refractivity contribution in [3.8, 4) is 0 Å². The van der Waals surface area contributed by atoms with E-state index < -0.39 is 5.97 Å². The van der Waals surface area contributed by atoms with E-state index in [4.69, 9.17) is 4.74 Å². The molecule has 0 amide bonds. The van der Waals surface area contributed by atoms with Crippen molar-refractivity contribution in [2.75, 3.05) is 0 Å². The third kappa shape index (κ3) is 8.48. The third-order valence-electron chi connectivity index (χ3n) is 2.03. The number of unbranched alkanes of at least 4 members (excludes halogenated alkanes) is 4. The minimum absolute atomic E-state index is 0.152. The Kier molecular flexibility index (Phi) is 7.15. The molecule has 0 saturated carbocycles. The Labute approximate surface area is 87.1 Å². The van der Waals surface area contributed by atoms with Crippen LogP contribution in [0.4, 0.5) is 0 Å². The summed E-state index contributed by atoms with van der Waals surface area (Å²) in [6, 6.07) is 0. The van der Waals surface area contributed by atoms with E-state index in [1.807, 2.05) is 0 Å². The summed E-state index contributed by atoms with van der Waals surface area (Å²) in [5.74, 6) is -1.93. The minimum atomic E-state index is -1.93. The number of rotatable bonds is 8. The highest BCUT2D eigenvalue weighted by atomic mass is 16.8. The van der Waals surface area contributed by atoms with Gasteiger partial charge in [0.1, 0.15) is 0 Å². The molecule has 3 nitrogen and oxygen atoms in total. The van der Waals surface area contributed by atoms with Crippen molar-refractivity contribution >= 4 is 0 Å². The Hall–Kier alpha value is -0.120. The molecule has 0 aliphatic rings. The summed E-state index contributed by atoms with van der Waals surface area (Å²) in [4.78, 5) is 0. The van der Waals surface area contributed by atoms with Crippen LogP contribution in [0.1, 0.15) is 59.3 Å². The number of aliphatic hydroxyl groups is 2. The van der Waals surface area contributed by atoms with Gasteiger partial charge < -0.3 is 14.9 Å². The van der Waals surface area contributed by atoms with Gasteiger partial charge in [-0.3, -0.25) is 0 Å². The molecule has 3 heteroatoms. The fourth-order valence-electron chi connectivity index (χ4n) is 1.40. The molecular weight excluding hydrogens is 180 g/mol. The van der Waals surface area contributed by atoms with Gasteiger partial charge in [0.25, 0.3) is 5.97 Å². The maximum absolute atomic E-state index is 9.37. The van der Waals surface area contributed by atoms with Crippen LogP contribution in [0.5, 0.6) is 0 Å². The van der Waals surface area contributed by atoms with Gasteiger partial charge in [0, 0.05) is 6.42 Å². The van der Waals surface area contributed by atoms with E-state index in [2.05, 4.69) is 6.92 Å². The Balaban J connectivity index is 3.45. The quantitative estimate of drug-likeness (QED) is 0.471. The molecule has 0 rings (SSSR count). The second-order valence-electron chi connectivity index (χ2n) is 4.07. The molecule has 0 aromatic carbocycles. The van der Waals surface area contributed by atoms with Gasteiger partial charge in [-0.2, -0.15) is 0 Å². The second-order valence-corrected chi connectivity index (χ2v) is 4.07. The lowest BCUT2D eigenvalue weighted by molar-refractivity contribution is -0.353. The minimum Gasteiger partial charge on any atom is -0.343 e. The molecule has 86 valence electrons. The van der Waals surface area contributed by atoms with E-state index in [9.17, 15) is 10.2 Å². The van der Waals surface area contributed by atoms with E-state index in [0.717, 1.165) is 19.3 Å². The van der Waals surface area contributed by atoms with Crippen LogP contribution in [0.25, 0.3) is 0 Å². The molecule has 0 heterocycles. The first-order chi connectivity index (χ1) is 6.48. The van der Waals surface area contributed by atoms with Crippen molar-refractivity contribution in [3.05, 3.63) is 0 Å². The highest BCUT2D eigenvalue weighted by Gasteiger charge is 2.24. The van der Waals surface area contributed by atoms with Crippen LogP contribution in [0, 0.1) is 0 Å². The lowest BCUT2D eigenvalue weighted by atomic mass is 10.1. The summed E-state index contributed by atoms with van der Waals surface area (Å²) in [5.41, 5.74) is 0. The van der Waals surface area contributed by atoms with Crippen LogP contribution in [0.3, 0.4) is 0 Å². The van der Waals surface area contributed by atoms with Gasteiger partial charge in [0.2, 0.25) is 0 Å². The van der Waals surface area contributed by atoms with Gasteiger partial charge in [0.15, 0.2) is 0 Å². The molecule has 0 saturated heterocycles. The molecule has 0 aromatic rings. The van der Waals surface area contributed by atoms with Gasteiger partial charge in [0.05, 0.1) is 6.10 Å². The van der Waals surface area contributed by atoms with E-state index in [1.54, 1.807) is 13.8 Å². The van der Waals surface area contributed by atoms with Crippen LogP contribution in [0.15, 0.2) is 0 Å². The van der Waals surface area contributed by atoms with Gasteiger partial charge in [-0.1, -0.05) is 32.6 Å². The highest BCUT2D eigenvalue weighted by Crippen LogP contribution is 2.16. The Morgan fingerprint density at radius 2 is 1.64 bits per heavy atom. The van der Waals surface area contributed by atoms with Crippen molar-refractivity contribution in [1.29, 1.82) is 0 Å². The molecule has 0 aliphatic carbocycles. The molecule has 0 fully saturated rings. The fraction of sp³-hybridized carbons (Fsp3) is 1.00. The van der Waals surface area contributed by atoms with Crippen LogP contribution < -0.4 is 0 Å². The number of ether oxygens (including phenoxy) is 1. The lowest BCUT2D eigenvalue weighted by Crippen LogP contribution is -2.34. The summed E-state index contributed by atoms with van der Waals surface area (Å²) in [7, 11) is 0. The molecule has 0 atom stereocenters. The van der Waals surface area contributed by atoms with Crippen molar-refractivity contribution < 1.29 is 14.9 Å². The molecular formula is C11H24O3. The van der Waals surface area contributed by atoms with Crippen LogP contribution in [-0.2, 0) is 4.74 Å².